The van der Waals surface area contributed by atoms with Gasteiger partial charge in [-0.3, -0.25) is 0 Å². The van der Waals surface area contributed by atoms with E-state index >= 15 is 0 Å². The molecule has 0 aliphatic heterocycles. The molecule has 16 nitrogen and oxygen atoms in total. The van der Waals surface area contributed by atoms with E-state index in [-0.39, 0.29) is 56.8 Å². The molecule has 0 fully saturated rings. The van der Waals surface area contributed by atoms with Crippen molar-refractivity contribution in [3.05, 3.63) is 228 Å². The number of rotatable bonds is 38. The fourth-order valence-corrected chi connectivity index (χ4v) is 9.87. The minimum Gasteiger partial charge on any atom is -0.494 e. The molecule has 488 valence electrons. The van der Waals surface area contributed by atoms with Crippen molar-refractivity contribution in [2.45, 2.75) is 142 Å². The van der Waals surface area contributed by atoms with Crippen LogP contribution in [0.15, 0.2) is 204 Å². The van der Waals surface area contributed by atoms with Crippen LogP contribution in [0.1, 0.15) is 204 Å². The summed E-state index contributed by atoms with van der Waals surface area (Å²) in [5, 5.41) is 8.52. The maximum Gasteiger partial charge on any atom is 0.343 e. The molecule has 0 amide bonds. The summed E-state index contributed by atoms with van der Waals surface area (Å²) in [6.07, 6.45) is 25.1. The minimum atomic E-state index is -0.662. The summed E-state index contributed by atoms with van der Waals surface area (Å²) in [5.74, 6) is -0.983. The van der Waals surface area contributed by atoms with E-state index in [0.717, 1.165) is 25.7 Å². The molecule has 8 rings (SSSR count). The van der Waals surface area contributed by atoms with E-state index in [0.29, 0.717) is 47.2 Å². The van der Waals surface area contributed by atoms with Crippen molar-refractivity contribution in [1.82, 2.24) is 0 Å². The second-order valence-corrected chi connectivity index (χ2v) is 22.7. The molecule has 0 aliphatic rings. The average molecular weight is 1270 g/mol. The van der Waals surface area contributed by atoms with Gasteiger partial charge in [-0.2, -0.15) is 10.2 Å². The topological polar surface area (TPSA) is 201 Å². The lowest BCUT2D eigenvalue weighted by atomic mass is 10.1. The van der Waals surface area contributed by atoms with E-state index in [1.165, 1.54) is 206 Å². The lowest BCUT2D eigenvalue weighted by molar-refractivity contribution is 0.0718. The molecule has 8 aromatic carbocycles. The Morgan fingerprint density at radius 3 is 0.766 bits per heavy atom. The summed E-state index contributed by atoms with van der Waals surface area (Å²) < 4.78 is 45.0. The Bertz CT molecular complexity index is 3680. The molecule has 94 heavy (non-hydrogen) atoms. The molecule has 0 aliphatic carbocycles. The van der Waals surface area contributed by atoms with E-state index in [2.05, 4.69) is 24.1 Å². The Morgan fingerprint density at radius 2 is 0.479 bits per heavy atom. The highest BCUT2D eigenvalue weighted by molar-refractivity contribution is 5.95. The van der Waals surface area contributed by atoms with Crippen LogP contribution in [-0.2, 0) is 0 Å². The van der Waals surface area contributed by atoms with E-state index in [1.807, 2.05) is 0 Å². The van der Waals surface area contributed by atoms with E-state index in [1.54, 1.807) is 91.0 Å². The van der Waals surface area contributed by atoms with Gasteiger partial charge in [-0.25, -0.2) is 28.8 Å². The second-order valence-electron chi connectivity index (χ2n) is 22.7. The molecular formula is C78H82N2O14. The zero-order valence-corrected chi connectivity index (χ0v) is 53.6. The van der Waals surface area contributed by atoms with Gasteiger partial charge in [0, 0.05) is 6.07 Å². The minimum absolute atomic E-state index is 0.191. The van der Waals surface area contributed by atoms with Gasteiger partial charge < -0.3 is 37.9 Å². The zero-order valence-electron chi connectivity index (χ0n) is 53.6. The first-order chi connectivity index (χ1) is 46.0. The van der Waals surface area contributed by atoms with Crippen LogP contribution in [0, 0.1) is 0 Å². The molecule has 16 heteroatoms. The van der Waals surface area contributed by atoms with Crippen molar-refractivity contribution in [2.75, 3.05) is 13.2 Å². The number of nitrogens with zero attached hydrogens (tertiary/aromatic N) is 2. The van der Waals surface area contributed by atoms with E-state index in [4.69, 9.17) is 37.9 Å². The Kier molecular flexibility index (Phi) is 28.6. The lowest BCUT2D eigenvalue weighted by Gasteiger charge is -2.09. The smallest absolute Gasteiger partial charge is 0.343 e. The highest BCUT2D eigenvalue weighted by Crippen LogP contribution is 2.28. The number of unbranched alkanes of at least 4 members (excludes halogenated alkanes) is 18. The van der Waals surface area contributed by atoms with Gasteiger partial charge in [0.2, 0.25) is 0 Å². The predicted octanol–water partition coefficient (Wildman–Crippen LogP) is 20.0. The van der Waals surface area contributed by atoms with Gasteiger partial charge in [0.1, 0.15) is 46.0 Å². The van der Waals surface area contributed by atoms with Gasteiger partial charge >= 0.3 is 35.8 Å². The third-order valence-corrected chi connectivity index (χ3v) is 15.3. The van der Waals surface area contributed by atoms with Gasteiger partial charge in [0.25, 0.3) is 0 Å². The molecule has 0 aromatic heterocycles. The molecule has 0 N–H and O–H groups in total. The number of hydrogen-bond donors (Lipinski definition) is 0. The average Bonchev–Trinajstić information content (AvgIpc) is 1.30. The van der Waals surface area contributed by atoms with Crippen LogP contribution in [0.25, 0.3) is 0 Å². The highest BCUT2D eigenvalue weighted by atomic mass is 16.6. The van der Waals surface area contributed by atoms with Crippen molar-refractivity contribution in [1.29, 1.82) is 0 Å². The maximum atomic E-state index is 13.1. The molecule has 0 bridgehead atoms. The summed E-state index contributed by atoms with van der Waals surface area (Å²) in [7, 11) is 0. The van der Waals surface area contributed by atoms with Crippen LogP contribution in [0.4, 0.5) is 11.4 Å². The third-order valence-electron chi connectivity index (χ3n) is 15.3. The summed E-state index contributed by atoms with van der Waals surface area (Å²) in [6, 6.07) is 50.1. The second kappa shape index (κ2) is 38.6. The first-order valence-electron chi connectivity index (χ1n) is 32.8. The number of benzene rings is 8. The predicted molar refractivity (Wildman–Crippen MR) is 360 cm³/mol. The highest BCUT2D eigenvalue weighted by Gasteiger charge is 2.17. The molecule has 0 unspecified atom stereocenters. The summed E-state index contributed by atoms with van der Waals surface area (Å²) in [5.41, 5.74) is 2.40. The fraction of sp³-hybridized carbons (Fsp3) is 0.308. The van der Waals surface area contributed by atoms with Crippen molar-refractivity contribution >= 4 is 47.2 Å². The number of hydrogen-bond acceptors (Lipinski definition) is 16. The standard InChI is InChI=1S/C78H82N2O14/c1-3-5-7-9-11-13-15-17-19-21-54-87-65-40-26-57(27-41-65)73(81)89-67-44-30-59(31-45-67)75(83)91-69-48-34-61(35-49-69)77(85)93-71-52-38-63(39-53-71)79-80-64-24-23-25-72(56-64)94-78(86)62-36-50-70(51-37-62)92-76(84)60-32-46-68(47-33-60)90-74(82)58-28-42-66(43-29-58)88-55-22-20-18-16-14-12-10-8-6-4-2/h23-53,56H,3-22,54-55H2,1-2H3. The quantitative estimate of drug-likeness (QED) is 0.0153. The van der Waals surface area contributed by atoms with Crippen LogP contribution >= 0.6 is 0 Å². The van der Waals surface area contributed by atoms with Crippen LogP contribution < -0.4 is 37.9 Å². The number of carbonyl (C=O) groups is 6. The molecule has 0 heterocycles. The molecule has 0 atom stereocenters. The number of carbonyl (C=O) groups excluding carboxylic acids is 6. The van der Waals surface area contributed by atoms with Crippen molar-refractivity contribution in [3.8, 4) is 46.0 Å². The van der Waals surface area contributed by atoms with E-state index in [9.17, 15) is 28.8 Å². The fourth-order valence-electron chi connectivity index (χ4n) is 9.87. The van der Waals surface area contributed by atoms with Crippen molar-refractivity contribution < 1.29 is 66.7 Å². The molecule has 0 radical (unpaired) electrons. The van der Waals surface area contributed by atoms with Crippen LogP contribution in [0.2, 0.25) is 0 Å². The molecule has 0 saturated carbocycles. The summed E-state index contributed by atoms with van der Waals surface area (Å²) in [6.45, 7) is 5.73. The monoisotopic (exact) mass is 1270 g/mol. The Hall–Kier alpha value is -10.2. The van der Waals surface area contributed by atoms with E-state index < -0.39 is 35.8 Å². The third kappa shape index (κ3) is 24.1. The van der Waals surface area contributed by atoms with Gasteiger partial charge in [-0.05, 0) is 195 Å². The van der Waals surface area contributed by atoms with Gasteiger partial charge in [0.15, 0.2) is 0 Å². The first kappa shape index (κ1) is 69.7. The van der Waals surface area contributed by atoms with Crippen molar-refractivity contribution in [2.24, 2.45) is 10.2 Å². The normalized spacial score (nSPS) is 11.0. The number of esters is 6. The summed E-state index contributed by atoms with van der Waals surface area (Å²) in [4.78, 5) is 77.8. The molecular weight excluding hydrogens is 1190 g/mol. The lowest BCUT2D eigenvalue weighted by Crippen LogP contribution is -2.11. The number of ether oxygens (including phenoxy) is 8. The molecule has 0 spiro atoms. The van der Waals surface area contributed by atoms with Crippen LogP contribution in [0.3, 0.4) is 0 Å². The Morgan fingerprint density at radius 1 is 0.245 bits per heavy atom. The summed E-state index contributed by atoms with van der Waals surface area (Å²) >= 11 is 0. The zero-order chi connectivity index (χ0) is 66.0. The molecule has 8 aromatic rings. The molecule has 0 saturated heterocycles. The largest absolute Gasteiger partial charge is 0.494 e. The van der Waals surface area contributed by atoms with Gasteiger partial charge in [0.05, 0.1) is 58.0 Å². The Balaban J connectivity index is 0.698. The van der Waals surface area contributed by atoms with Gasteiger partial charge in [-0.15, -0.1) is 0 Å². The van der Waals surface area contributed by atoms with Crippen molar-refractivity contribution in [3.63, 3.8) is 0 Å². The van der Waals surface area contributed by atoms with Crippen LogP contribution in [0.5, 0.6) is 46.0 Å². The maximum absolute atomic E-state index is 13.1. The SMILES string of the molecule is CCCCCCCCCCCCOc1ccc(C(=O)Oc2ccc(C(=O)Oc3ccc(C(=O)Oc4ccc(N=Nc5cccc(OC(=O)c6ccc(OC(=O)c7ccc(OC(=O)c8ccc(OCCCCCCCCCCCC)cc8)cc7)cc6)c5)cc4)cc3)cc2)cc1. The van der Waals surface area contributed by atoms with Crippen LogP contribution in [-0.4, -0.2) is 49.0 Å². The van der Waals surface area contributed by atoms with Gasteiger partial charge in [-0.1, -0.05) is 135 Å². The Labute approximate surface area is 550 Å². The number of azo groups is 1. The first-order valence-corrected chi connectivity index (χ1v) is 32.8.